The number of benzene rings is 2. The molecule has 0 spiro atoms. The van der Waals surface area contributed by atoms with Crippen LogP contribution in [0.2, 0.25) is 0 Å². The lowest BCUT2D eigenvalue weighted by atomic mass is 9.93. The molecule has 0 aliphatic carbocycles. The molecule has 0 radical (unpaired) electrons. The minimum absolute atomic E-state index is 0.199. The second-order valence-electron chi connectivity index (χ2n) is 6.62. The molecule has 1 aliphatic heterocycles. The summed E-state index contributed by atoms with van der Waals surface area (Å²) in [6.07, 6.45) is 3.64. The lowest BCUT2D eigenvalue weighted by Gasteiger charge is -2.17. The molecule has 6 heteroatoms. The van der Waals surface area contributed by atoms with Crippen LogP contribution in [0.25, 0.3) is 0 Å². The van der Waals surface area contributed by atoms with Crippen molar-refractivity contribution in [2.75, 3.05) is 7.11 Å². The molecule has 0 saturated carbocycles. The van der Waals surface area contributed by atoms with Gasteiger partial charge in [0.05, 0.1) is 7.11 Å². The summed E-state index contributed by atoms with van der Waals surface area (Å²) in [5.74, 6) is 0.0934. The Morgan fingerprint density at radius 2 is 1.86 bits per heavy atom. The molecule has 2 aromatic rings. The molecule has 0 unspecified atom stereocenters. The van der Waals surface area contributed by atoms with Gasteiger partial charge in [-0.3, -0.25) is 0 Å². The average Bonchev–Trinajstić information content (AvgIpc) is 3.09. The number of carbonyl (C=O) groups excluding carboxylic acids is 2. The highest BCUT2D eigenvalue weighted by Crippen LogP contribution is 2.30. The Labute approximate surface area is 169 Å². The van der Waals surface area contributed by atoms with Gasteiger partial charge in [-0.15, -0.1) is 0 Å². The van der Waals surface area contributed by atoms with Crippen LogP contribution in [0.5, 0.6) is 5.75 Å². The number of methoxy groups -OCH3 is 1. The number of esters is 2. The van der Waals surface area contributed by atoms with Crippen molar-refractivity contribution in [3.8, 4) is 5.75 Å². The van der Waals surface area contributed by atoms with Crippen LogP contribution in [0.1, 0.15) is 30.9 Å². The van der Waals surface area contributed by atoms with E-state index < -0.39 is 17.5 Å². The first-order chi connectivity index (χ1) is 14.1. The zero-order chi connectivity index (χ0) is 20.7. The van der Waals surface area contributed by atoms with Gasteiger partial charge in [-0.2, -0.15) is 0 Å². The van der Waals surface area contributed by atoms with Crippen LogP contribution >= 0.6 is 0 Å². The van der Waals surface area contributed by atoms with Crippen LogP contribution in [0.3, 0.4) is 0 Å². The summed E-state index contributed by atoms with van der Waals surface area (Å²) in [6.45, 7) is 2.06. The van der Waals surface area contributed by atoms with E-state index in [0.717, 1.165) is 5.56 Å². The van der Waals surface area contributed by atoms with Gasteiger partial charge in [-0.1, -0.05) is 43.3 Å². The van der Waals surface area contributed by atoms with Crippen LogP contribution in [0, 0.1) is 0 Å². The predicted octanol–water partition coefficient (Wildman–Crippen LogP) is 3.84. The van der Waals surface area contributed by atoms with E-state index in [1.165, 1.54) is 6.08 Å². The van der Waals surface area contributed by atoms with Crippen molar-refractivity contribution in [1.29, 1.82) is 0 Å². The molecule has 0 fully saturated rings. The van der Waals surface area contributed by atoms with Gasteiger partial charge < -0.3 is 14.2 Å². The summed E-state index contributed by atoms with van der Waals surface area (Å²) in [5.41, 5.74) is 0.568. The SMILES string of the molecule is CC[C@]1(C/C=C/C(=O)OCc2ccccc2)N=C(c2ccc(OC)cc2)OC1=O. The molecular weight excluding hydrogens is 370 g/mol. The number of ether oxygens (including phenoxy) is 3. The van der Waals surface area contributed by atoms with E-state index in [4.69, 9.17) is 14.2 Å². The molecule has 29 heavy (non-hydrogen) atoms. The molecule has 1 aliphatic rings. The Morgan fingerprint density at radius 3 is 2.52 bits per heavy atom. The molecule has 1 atom stereocenters. The number of nitrogens with zero attached hydrogens (tertiary/aromatic N) is 1. The minimum Gasteiger partial charge on any atom is -0.497 e. The number of carbonyl (C=O) groups is 2. The number of rotatable bonds is 8. The smallest absolute Gasteiger partial charge is 0.341 e. The zero-order valence-electron chi connectivity index (χ0n) is 16.5. The maximum Gasteiger partial charge on any atom is 0.341 e. The maximum atomic E-state index is 12.5. The van der Waals surface area contributed by atoms with Gasteiger partial charge in [0.25, 0.3) is 0 Å². The van der Waals surface area contributed by atoms with Crippen LogP contribution in [-0.4, -0.2) is 30.5 Å². The van der Waals surface area contributed by atoms with Gasteiger partial charge >= 0.3 is 11.9 Å². The van der Waals surface area contributed by atoms with E-state index >= 15 is 0 Å². The predicted molar refractivity (Wildman–Crippen MR) is 109 cm³/mol. The third-order valence-electron chi connectivity index (χ3n) is 4.74. The van der Waals surface area contributed by atoms with Crippen molar-refractivity contribution in [1.82, 2.24) is 0 Å². The Bertz CT molecular complexity index is 918. The molecule has 1 heterocycles. The highest BCUT2D eigenvalue weighted by Gasteiger charge is 2.43. The van der Waals surface area contributed by atoms with Gasteiger partial charge in [0.15, 0.2) is 5.54 Å². The quantitative estimate of drug-likeness (QED) is 0.503. The van der Waals surface area contributed by atoms with E-state index in [1.807, 2.05) is 37.3 Å². The van der Waals surface area contributed by atoms with E-state index in [9.17, 15) is 9.59 Å². The molecule has 2 aromatic carbocycles. The summed E-state index contributed by atoms with van der Waals surface area (Å²) >= 11 is 0. The van der Waals surface area contributed by atoms with E-state index in [1.54, 1.807) is 37.5 Å². The lowest BCUT2D eigenvalue weighted by molar-refractivity contribution is -0.140. The largest absolute Gasteiger partial charge is 0.497 e. The Hall–Kier alpha value is -3.41. The molecular formula is C23H23NO5. The fourth-order valence-electron chi connectivity index (χ4n) is 2.93. The number of cyclic esters (lactones) is 1. The zero-order valence-corrected chi connectivity index (χ0v) is 16.5. The van der Waals surface area contributed by atoms with Crippen molar-refractivity contribution in [2.24, 2.45) is 4.99 Å². The van der Waals surface area contributed by atoms with Crippen LogP contribution in [0.15, 0.2) is 71.7 Å². The molecule has 0 bridgehead atoms. The standard InChI is InChI=1S/C23H23NO5/c1-3-23(15-7-10-20(25)28-16-17-8-5-4-6-9-17)22(26)29-21(24-23)18-11-13-19(27-2)14-12-18/h4-14H,3,15-16H2,1-2H3/b10-7+/t23-/m1/s1. The summed E-state index contributed by atoms with van der Waals surface area (Å²) in [6, 6.07) is 16.6. The molecule has 150 valence electrons. The molecule has 6 nitrogen and oxygen atoms in total. The topological polar surface area (TPSA) is 74.2 Å². The number of hydrogen-bond acceptors (Lipinski definition) is 6. The molecule has 0 aromatic heterocycles. The number of hydrogen-bond donors (Lipinski definition) is 0. The van der Waals surface area contributed by atoms with Gasteiger partial charge in [0.2, 0.25) is 5.90 Å². The maximum absolute atomic E-state index is 12.5. The first-order valence-electron chi connectivity index (χ1n) is 9.40. The highest BCUT2D eigenvalue weighted by molar-refractivity contribution is 6.08. The van der Waals surface area contributed by atoms with Crippen LogP contribution in [-0.2, 0) is 25.7 Å². The van der Waals surface area contributed by atoms with Crippen LogP contribution in [0.4, 0.5) is 0 Å². The molecule has 0 amide bonds. The van der Waals surface area contributed by atoms with Crippen molar-refractivity contribution >= 4 is 17.8 Å². The molecule has 0 N–H and O–H groups in total. The Morgan fingerprint density at radius 1 is 1.14 bits per heavy atom. The fourth-order valence-corrected chi connectivity index (χ4v) is 2.93. The number of aliphatic imine (C=N–C) groups is 1. The summed E-state index contributed by atoms with van der Waals surface area (Å²) in [4.78, 5) is 29.0. The van der Waals surface area contributed by atoms with Gasteiger partial charge in [-0.05, 0) is 36.2 Å². The van der Waals surface area contributed by atoms with Crippen molar-refractivity contribution in [3.63, 3.8) is 0 Å². The second-order valence-corrected chi connectivity index (χ2v) is 6.62. The summed E-state index contributed by atoms with van der Waals surface area (Å²) in [5, 5.41) is 0. The average molecular weight is 393 g/mol. The minimum atomic E-state index is -1.04. The Balaban J connectivity index is 1.63. The van der Waals surface area contributed by atoms with Gasteiger partial charge in [-0.25, -0.2) is 14.6 Å². The lowest BCUT2D eigenvalue weighted by Crippen LogP contribution is -2.32. The van der Waals surface area contributed by atoms with E-state index in [2.05, 4.69) is 4.99 Å². The monoisotopic (exact) mass is 393 g/mol. The molecule has 0 saturated heterocycles. The summed E-state index contributed by atoms with van der Waals surface area (Å²) < 4.78 is 15.8. The fraction of sp³-hybridized carbons (Fsp3) is 0.261. The summed E-state index contributed by atoms with van der Waals surface area (Å²) in [7, 11) is 1.58. The van der Waals surface area contributed by atoms with Gasteiger partial charge in [0.1, 0.15) is 12.4 Å². The van der Waals surface area contributed by atoms with Gasteiger partial charge in [0, 0.05) is 18.1 Å². The van der Waals surface area contributed by atoms with E-state index in [0.29, 0.717) is 17.7 Å². The highest BCUT2D eigenvalue weighted by atomic mass is 16.6. The first-order valence-corrected chi connectivity index (χ1v) is 9.40. The third-order valence-corrected chi connectivity index (χ3v) is 4.74. The normalized spacial score (nSPS) is 18.4. The van der Waals surface area contributed by atoms with E-state index in [-0.39, 0.29) is 18.9 Å². The third kappa shape index (κ3) is 4.90. The van der Waals surface area contributed by atoms with Crippen molar-refractivity contribution < 1.29 is 23.8 Å². The van der Waals surface area contributed by atoms with Crippen molar-refractivity contribution in [3.05, 3.63) is 77.9 Å². The Kier molecular flexibility index (Phi) is 6.44. The van der Waals surface area contributed by atoms with Crippen LogP contribution < -0.4 is 4.74 Å². The molecule has 3 rings (SSSR count). The first kappa shape index (κ1) is 20.3. The van der Waals surface area contributed by atoms with Crippen molar-refractivity contribution in [2.45, 2.75) is 31.9 Å². The second kappa shape index (κ2) is 9.19.